The summed E-state index contributed by atoms with van der Waals surface area (Å²) in [5.41, 5.74) is 1.76. The van der Waals surface area contributed by atoms with Gasteiger partial charge < -0.3 is 24.7 Å². The average Bonchev–Trinajstić information content (AvgIpc) is 3.42. The first-order chi connectivity index (χ1) is 17.3. The molecule has 2 N–H and O–H groups in total. The molecule has 1 aliphatic rings. The number of fused-ring (bicyclic) bond motifs is 1. The Hall–Kier alpha value is -4.16. The van der Waals surface area contributed by atoms with Crippen LogP contribution in [0.25, 0.3) is 17.0 Å². The van der Waals surface area contributed by atoms with Crippen LogP contribution in [0.1, 0.15) is 22.1 Å². The molecule has 1 aliphatic heterocycles. The highest BCUT2D eigenvalue weighted by Crippen LogP contribution is 2.26. The zero-order chi connectivity index (χ0) is 25.4. The van der Waals surface area contributed by atoms with Gasteiger partial charge in [0.05, 0.1) is 29.9 Å². The molecule has 36 heavy (non-hydrogen) atoms. The number of benzene rings is 1. The number of imidazole rings is 1. The van der Waals surface area contributed by atoms with Crippen LogP contribution in [0, 0.1) is 19.7 Å². The highest BCUT2D eigenvalue weighted by atomic mass is 19.1. The molecule has 186 valence electrons. The second kappa shape index (κ2) is 9.47. The molecule has 5 rings (SSSR count). The van der Waals surface area contributed by atoms with Gasteiger partial charge in [-0.3, -0.25) is 14.0 Å². The van der Waals surface area contributed by atoms with Crippen molar-refractivity contribution in [1.29, 1.82) is 0 Å². The molecular formula is C24H24FN7O4. The van der Waals surface area contributed by atoms with E-state index in [1.807, 2.05) is 11.9 Å². The topological polar surface area (TPSA) is 127 Å². The molecule has 11 nitrogen and oxygen atoms in total. The van der Waals surface area contributed by atoms with Gasteiger partial charge in [-0.2, -0.15) is 0 Å². The molecule has 1 fully saturated rings. The summed E-state index contributed by atoms with van der Waals surface area (Å²) in [6.07, 6.45) is 4.14. The summed E-state index contributed by atoms with van der Waals surface area (Å²) in [6, 6.07) is 4.17. The van der Waals surface area contributed by atoms with Crippen molar-refractivity contribution < 1.29 is 23.1 Å². The van der Waals surface area contributed by atoms with Gasteiger partial charge in [0.15, 0.2) is 5.89 Å². The number of likely N-dealkylation sites (N-methyl/N-ethyl adjacent to an activating group) is 1. The number of nitrogens with one attached hydrogen (secondary N) is 2. The maximum Gasteiger partial charge on any atom is 0.293 e. The number of nitrogens with zero attached hydrogens (tertiary/aromatic N) is 5. The van der Waals surface area contributed by atoms with E-state index in [-0.39, 0.29) is 17.2 Å². The first-order valence-electron chi connectivity index (χ1n) is 11.3. The van der Waals surface area contributed by atoms with Gasteiger partial charge in [-0.25, -0.2) is 19.3 Å². The molecule has 0 bridgehead atoms. The molecule has 2 amide bonds. The zero-order valence-electron chi connectivity index (χ0n) is 19.9. The van der Waals surface area contributed by atoms with Gasteiger partial charge in [-0.1, -0.05) is 0 Å². The molecule has 3 aromatic heterocycles. The van der Waals surface area contributed by atoms with E-state index < -0.39 is 17.8 Å². The molecule has 12 heteroatoms. The van der Waals surface area contributed by atoms with Gasteiger partial charge >= 0.3 is 0 Å². The molecule has 1 unspecified atom stereocenters. The third-order valence-electron chi connectivity index (χ3n) is 5.75. The molecule has 4 heterocycles. The van der Waals surface area contributed by atoms with Crippen LogP contribution in [0.5, 0.6) is 0 Å². The van der Waals surface area contributed by atoms with Crippen LogP contribution in [-0.4, -0.2) is 68.9 Å². The molecule has 0 aliphatic carbocycles. The maximum absolute atomic E-state index is 14.7. The molecule has 0 radical (unpaired) electrons. The lowest BCUT2D eigenvalue weighted by Gasteiger charge is -2.29. The van der Waals surface area contributed by atoms with Gasteiger partial charge in [-0.05, 0) is 32.2 Å². The van der Waals surface area contributed by atoms with Crippen molar-refractivity contribution in [3.05, 3.63) is 60.0 Å². The van der Waals surface area contributed by atoms with Gasteiger partial charge in [0.25, 0.3) is 11.8 Å². The lowest BCUT2D eigenvalue weighted by Crippen LogP contribution is -2.46. The smallest absolute Gasteiger partial charge is 0.293 e. The molecule has 0 spiro atoms. The number of amides is 2. The van der Waals surface area contributed by atoms with E-state index in [4.69, 9.17) is 9.15 Å². The lowest BCUT2D eigenvalue weighted by atomic mass is 10.1. The van der Waals surface area contributed by atoms with Crippen molar-refractivity contribution in [3.8, 4) is 11.3 Å². The van der Waals surface area contributed by atoms with E-state index >= 15 is 0 Å². The fourth-order valence-electron chi connectivity index (χ4n) is 3.97. The highest BCUT2D eigenvalue weighted by Gasteiger charge is 2.25. The number of ether oxygens (including phenoxy) is 1. The van der Waals surface area contributed by atoms with E-state index in [0.717, 1.165) is 6.54 Å². The summed E-state index contributed by atoms with van der Waals surface area (Å²) >= 11 is 0. The average molecular weight is 493 g/mol. The van der Waals surface area contributed by atoms with Gasteiger partial charge in [0.1, 0.15) is 11.9 Å². The van der Waals surface area contributed by atoms with Crippen molar-refractivity contribution in [1.82, 2.24) is 24.3 Å². The predicted octanol–water partition coefficient (Wildman–Crippen LogP) is 2.66. The van der Waals surface area contributed by atoms with Crippen LogP contribution in [0.2, 0.25) is 0 Å². The van der Waals surface area contributed by atoms with Crippen LogP contribution in [0.15, 0.2) is 41.2 Å². The first-order valence-corrected chi connectivity index (χ1v) is 11.3. The number of hydrogen-bond donors (Lipinski definition) is 2. The second-order valence-electron chi connectivity index (χ2n) is 8.58. The number of halogens is 1. The third kappa shape index (κ3) is 4.81. The van der Waals surface area contributed by atoms with Gasteiger partial charge in [-0.15, -0.1) is 0 Å². The number of morpholine rings is 1. The number of oxazole rings is 1. The number of rotatable bonds is 5. The van der Waals surface area contributed by atoms with Gasteiger partial charge in [0.2, 0.25) is 11.5 Å². The Morgan fingerprint density at radius 2 is 1.97 bits per heavy atom. The van der Waals surface area contributed by atoms with Crippen molar-refractivity contribution in [2.45, 2.75) is 20.0 Å². The Morgan fingerprint density at radius 1 is 1.14 bits per heavy atom. The highest BCUT2D eigenvalue weighted by molar-refractivity contribution is 6.03. The summed E-state index contributed by atoms with van der Waals surface area (Å²) in [5.74, 6) is -0.488. The third-order valence-corrected chi connectivity index (χ3v) is 5.75. The van der Waals surface area contributed by atoms with E-state index in [2.05, 4.69) is 25.6 Å². The molecule has 1 saturated heterocycles. The van der Waals surface area contributed by atoms with Crippen LogP contribution in [0.4, 0.5) is 15.8 Å². The number of anilines is 2. The molecule has 4 aromatic rings. The van der Waals surface area contributed by atoms with Crippen molar-refractivity contribution in [2.24, 2.45) is 0 Å². The minimum absolute atomic E-state index is 0.0927. The van der Waals surface area contributed by atoms with Crippen LogP contribution >= 0.6 is 0 Å². The monoisotopic (exact) mass is 493 g/mol. The molecular weight excluding hydrogens is 469 g/mol. The number of carbonyl (C=O) groups is 2. The minimum atomic E-state index is -0.575. The van der Waals surface area contributed by atoms with E-state index in [0.29, 0.717) is 47.6 Å². The Morgan fingerprint density at radius 3 is 2.72 bits per heavy atom. The summed E-state index contributed by atoms with van der Waals surface area (Å²) in [6.45, 7) is 5.08. The normalized spacial score (nSPS) is 16.3. The maximum atomic E-state index is 14.7. The van der Waals surface area contributed by atoms with E-state index in [1.165, 1.54) is 24.4 Å². The largest absolute Gasteiger partial charge is 0.436 e. The number of carbonyl (C=O) groups excluding carboxylic acids is 2. The van der Waals surface area contributed by atoms with E-state index in [1.54, 1.807) is 30.6 Å². The summed E-state index contributed by atoms with van der Waals surface area (Å²) in [4.78, 5) is 39.9. The van der Waals surface area contributed by atoms with Gasteiger partial charge in [0, 0.05) is 43.7 Å². The molecule has 1 aromatic carbocycles. The van der Waals surface area contributed by atoms with Crippen molar-refractivity contribution >= 4 is 29.0 Å². The van der Waals surface area contributed by atoms with Crippen molar-refractivity contribution in [3.63, 3.8) is 0 Å². The van der Waals surface area contributed by atoms with Crippen molar-refractivity contribution in [2.75, 3.05) is 37.4 Å². The summed E-state index contributed by atoms with van der Waals surface area (Å²) in [5, 5.41) is 5.50. The second-order valence-corrected chi connectivity index (χ2v) is 8.58. The predicted molar refractivity (Wildman–Crippen MR) is 128 cm³/mol. The molecule has 1 atom stereocenters. The SMILES string of the molecule is Cc1nc(C)c(C(=O)Nc2ccc(F)c(-c3cn4cc(NC(=O)C5CN(C)CCO5)cnc4n3)c2)o1. The van der Waals surface area contributed by atoms with Crippen LogP contribution in [0.3, 0.4) is 0 Å². The Kier molecular flexibility index (Phi) is 6.20. The fraction of sp³-hybridized carbons (Fsp3) is 0.292. The number of aryl methyl sites for hydroxylation is 2. The summed E-state index contributed by atoms with van der Waals surface area (Å²) < 4.78 is 27.2. The Labute approximate surface area is 205 Å². The van der Waals surface area contributed by atoms with E-state index in [9.17, 15) is 14.0 Å². The minimum Gasteiger partial charge on any atom is -0.436 e. The Balaban J connectivity index is 1.36. The standard InChI is InChI=1S/C24H24FN7O4/c1-13-21(36-14(2)27-13)23(34)28-15-4-5-18(25)17(8-15)19-11-32-10-16(9-26-24(32)30-19)29-22(33)20-12-31(3)6-7-35-20/h4-5,8-11,20H,6-7,12H2,1-3H3,(H,28,34)(H,29,33). The number of aromatic nitrogens is 4. The first kappa shape index (κ1) is 23.6. The van der Waals surface area contributed by atoms with Crippen LogP contribution < -0.4 is 10.6 Å². The summed E-state index contributed by atoms with van der Waals surface area (Å²) in [7, 11) is 1.93. The van der Waals surface area contributed by atoms with Crippen LogP contribution in [-0.2, 0) is 9.53 Å². The lowest BCUT2D eigenvalue weighted by molar-refractivity contribution is -0.132. The number of hydrogen-bond acceptors (Lipinski definition) is 8. The quantitative estimate of drug-likeness (QED) is 0.435. The molecule has 0 saturated carbocycles. The fourth-order valence-corrected chi connectivity index (χ4v) is 3.97. The Bertz CT molecular complexity index is 1460. The zero-order valence-corrected chi connectivity index (χ0v) is 19.9.